The zero-order chi connectivity index (χ0) is 29.6. The number of hydrogen-bond acceptors (Lipinski definition) is 8. The minimum Gasteiger partial charge on any atom is -0.394 e. The number of fused-ring (bicyclic) bond motifs is 10. The highest BCUT2D eigenvalue weighted by Gasteiger charge is 2.48. The van der Waals surface area contributed by atoms with E-state index in [1.54, 1.807) is 41.0 Å². The third kappa shape index (κ3) is 3.39. The van der Waals surface area contributed by atoms with Crippen LogP contribution in [-0.2, 0) is 14.3 Å². The Morgan fingerprint density at radius 1 is 0.976 bits per heavy atom. The predicted molar refractivity (Wildman–Crippen MR) is 152 cm³/mol. The quantitative estimate of drug-likeness (QED) is 0.149. The molecule has 5 atom stereocenters. The Bertz CT molecular complexity index is 1990. The predicted octanol–water partition coefficient (Wildman–Crippen LogP) is 2.62. The molecule has 3 aromatic carbocycles. The van der Waals surface area contributed by atoms with E-state index in [1.165, 1.54) is 7.11 Å². The Morgan fingerprint density at radius 3 is 2.31 bits per heavy atom. The summed E-state index contributed by atoms with van der Waals surface area (Å²) < 4.78 is 13.0. The van der Waals surface area contributed by atoms with Gasteiger partial charge in [-0.3, -0.25) is 19.8 Å². The molecule has 3 amide bonds. The maximum Gasteiger partial charge on any atom is 0.281 e. The van der Waals surface area contributed by atoms with Crippen molar-refractivity contribution in [1.29, 1.82) is 0 Å². The number of aromatic amines is 1. The van der Waals surface area contributed by atoms with Crippen molar-refractivity contribution in [2.75, 3.05) is 13.7 Å². The van der Waals surface area contributed by atoms with Crippen LogP contribution in [0.5, 0.6) is 0 Å². The highest BCUT2D eigenvalue weighted by Crippen LogP contribution is 2.48. The zero-order valence-electron chi connectivity index (χ0n) is 21.7. The van der Waals surface area contributed by atoms with Gasteiger partial charge in [0.05, 0.1) is 49.8 Å². The number of amides is 3. The smallest absolute Gasteiger partial charge is 0.281 e. The molecule has 5 aromatic rings. The van der Waals surface area contributed by atoms with Gasteiger partial charge < -0.3 is 34.3 Å². The lowest BCUT2D eigenvalue weighted by atomic mass is 9.96. The average Bonchev–Trinajstić information content (AvgIpc) is 3.61. The van der Waals surface area contributed by atoms with Crippen LogP contribution in [0.1, 0.15) is 26.9 Å². The van der Waals surface area contributed by atoms with Crippen molar-refractivity contribution >= 4 is 85.0 Å². The second kappa shape index (κ2) is 9.64. The number of hydrogen-bond donors (Lipinski definition) is 5. The molecule has 2 aromatic heterocycles. The van der Waals surface area contributed by atoms with Crippen LogP contribution in [0.4, 0.5) is 0 Å². The number of H-pyrrole nitrogens is 1. The van der Waals surface area contributed by atoms with Gasteiger partial charge in [-0.05, 0) is 12.1 Å². The van der Waals surface area contributed by atoms with Crippen molar-refractivity contribution in [3.8, 4) is 0 Å². The SMILES string of the molecule is CO[C@H]1[C@H](O)[C@@H](O)[C@H](n2c3c(Cl)cccc3c3c4c(c5c6cccc(Cl)c6[nH]c5c32)C(=O)N(NC=O)C4=O)O[C@@H]1CO. The Balaban J connectivity index is 1.70. The highest BCUT2D eigenvalue weighted by molar-refractivity contribution is 6.43. The monoisotopic (exact) mass is 612 g/mol. The zero-order valence-corrected chi connectivity index (χ0v) is 23.2. The van der Waals surface area contributed by atoms with Crippen molar-refractivity contribution in [3.63, 3.8) is 0 Å². The van der Waals surface area contributed by atoms with E-state index in [9.17, 15) is 29.7 Å². The van der Waals surface area contributed by atoms with Crippen molar-refractivity contribution in [1.82, 2.24) is 20.0 Å². The number of para-hydroxylation sites is 2. The largest absolute Gasteiger partial charge is 0.394 e. The van der Waals surface area contributed by atoms with Crippen LogP contribution >= 0.6 is 23.2 Å². The first-order chi connectivity index (χ1) is 20.2. The molecule has 42 heavy (non-hydrogen) atoms. The van der Waals surface area contributed by atoms with Crippen LogP contribution in [0.3, 0.4) is 0 Å². The van der Waals surface area contributed by atoms with Gasteiger partial charge in [-0.1, -0.05) is 47.5 Å². The molecule has 0 saturated carbocycles. The van der Waals surface area contributed by atoms with E-state index in [1.807, 2.05) is 0 Å². The molecule has 1 saturated heterocycles. The van der Waals surface area contributed by atoms with E-state index >= 15 is 0 Å². The van der Waals surface area contributed by atoms with Gasteiger partial charge >= 0.3 is 0 Å². The van der Waals surface area contributed by atoms with E-state index in [0.29, 0.717) is 53.6 Å². The summed E-state index contributed by atoms with van der Waals surface area (Å²) >= 11 is 13.3. The second-order valence-corrected chi connectivity index (χ2v) is 11.0. The molecule has 2 aliphatic heterocycles. The number of rotatable bonds is 5. The molecule has 4 heterocycles. The molecule has 1 fully saturated rings. The van der Waals surface area contributed by atoms with Crippen molar-refractivity contribution in [2.45, 2.75) is 30.6 Å². The van der Waals surface area contributed by atoms with Crippen molar-refractivity contribution < 1.29 is 39.2 Å². The number of carbonyl (C=O) groups is 3. The number of ether oxygens (including phenoxy) is 2. The maximum atomic E-state index is 13.8. The van der Waals surface area contributed by atoms with Gasteiger partial charge in [0.1, 0.15) is 24.4 Å². The van der Waals surface area contributed by atoms with Crippen LogP contribution in [0.2, 0.25) is 10.0 Å². The number of nitrogens with zero attached hydrogens (tertiary/aromatic N) is 2. The first-order valence-electron chi connectivity index (χ1n) is 12.9. The number of nitrogens with one attached hydrogen (secondary N) is 2. The minimum atomic E-state index is -1.57. The van der Waals surface area contributed by atoms with Gasteiger partial charge in [0.15, 0.2) is 6.23 Å². The van der Waals surface area contributed by atoms with Crippen LogP contribution in [-0.4, -0.2) is 86.2 Å². The molecule has 0 aliphatic carbocycles. The lowest BCUT2D eigenvalue weighted by Gasteiger charge is -2.42. The number of benzene rings is 3. The molecule has 0 radical (unpaired) electrons. The van der Waals surface area contributed by atoms with Gasteiger partial charge in [0, 0.05) is 28.7 Å². The Labute approximate surface area is 245 Å². The number of halogens is 2. The van der Waals surface area contributed by atoms with Gasteiger partial charge in [-0.25, -0.2) is 0 Å². The van der Waals surface area contributed by atoms with E-state index in [-0.39, 0.29) is 22.6 Å². The molecule has 5 N–H and O–H groups in total. The molecular formula is C28H22Cl2N4O8. The third-order valence-electron chi connectivity index (χ3n) is 8.13. The summed E-state index contributed by atoms with van der Waals surface area (Å²) in [7, 11) is 1.33. The van der Waals surface area contributed by atoms with Gasteiger partial charge in [0.25, 0.3) is 11.8 Å². The molecule has 7 rings (SSSR count). The molecule has 216 valence electrons. The molecular weight excluding hydrogens is 591 g/mol. The Hall–Kier alpha value is -3.75. The molecule has 2 aliphatic rings. The number of methoxy groups -OCH3 is 1. The molecule has 12 nitrogen and oxygen atoms in total. The summed E-state index contributed by atoms with van der Waals surface area (Å²) in [4.78, 5) is 42.2. The van der Waals surface area contributed by atoms with Gasteiger partial charge in [0.2, 0.25) is 6.41 Å². The van der Waals surface area contributed by atoms with Crippen LogP contribution in [0, 0.1) is 0 Å². The lowest BCUT2D eigenvalue weighted by molar-refractivity contribution is -0.255. The van der Waals surface area contributed by atoms with Crippen LogP contribution in [0.15, 0.2) is 36.4 Å². The Morgan fingerprint density at radius 2 is 1.64 bits per heavy atom. The third-order valence-corrected chi connectivity index (χ3v) is 8.75. The summed E-state index contributed by atoms with van der Waals surface area (Å²) in [6.07, 6.45) is -6.22. The summed E-state index contributed by atoms with van der Waals surface area (Å²) in [6, 6.07) is 10.1. The number of carbonyl (C=O) groups excluding carboxylic acids is 3. The minimum absolute atomic E-state index is 0.00284. The van der Waals surface area contributed by atoms with Crippen molar-refractivity contribution in [3.05, 3.63) is 57.6 Å². The summed E-state index contributed by atoms with van der Waals surface area (Å²) in [5, 5.41) is 35.3. The standard InChI is InChI=1S/C28H22Cl2N4O8/c1-41-25-14(8-35)42-28(24(38)23(25)37)33-21-11(5-3-7-13(21)30)16-18-17(26(39)34(27(18)40)31-9-36)15-10-4-2-6-12(29)19(10)32-20(15)22(16)33/h2-7,9,14,23-25,28,32,35,37-38H,8H2,1H3,(H,31,36)/t14-,23-,24-,25-,28-/m1/s1. The normalized spacial score (nSPS) is 24.4. The second-order valence-electron chi connectivity index (χ2n) is 10.1. The first-order valence-corrected chi connectivity index (χ1v) is 13.6. The van der Waals surface area contributed by atoms with Gasteiger partial charge in [-0.15, -0.1) is 0 Å². The number of hydrazine groups is 1. The Kier molecular flexibility index (Phi) is 6.22. The van der Waals surface area contributed by atoms with Crippen molar-refractivity contribution in [2.24, 2.45) is 0 Å². The van der Waals surface area contributed by atoms with Crippen LogP contribution < -0.4 is 5.43 Å². The van der Waals surface area contributed by atoms with E-state index < -0.39 is 49.1 Å². The summed E-state index contributed by atoms with van der Waals surface area (Å²) in [5.74, 6) is -1.52. The lowest BCUT2D eigenvalue weighted by Crippen LogP contribution is -2.57. The molecule has 0 bridgehead atoms. The summed E-state index contributed by atoms with van der Waals surface area (Å²) in [5.41, 5.74) is 3.73. The number of aliphatic hydroxyl groups is 3. The fraction of sp³-hybridized carbons (Fsp3) is 0.250. The first kappa shape index (κ1) is 27.1. The summed E-state index contributed by atoms with van der Waals surface area (Å²) in [6.45, 7) is -0.532. The highest BCUT2D eigenvalue weighted by atomic mass is 35.5. The number of aliphatic hydroxyl groups excluding tert-OH is 3. The maximum absolute atomic E-state index is 13.8. The van der Waals surface area contributed by atoms with E-state index in [2.05, 4.69) is 10.4 Å². The number of aromatic nitrogens is 2. The fourth-order valence-electron chi connectivity index (χ4n) is 6.43. The van der Waals surface area contributed by atoms with E-state index in [4.69, 9.17) is 32.7 Å². The van der Waals surface area contributed by atoms with Gasteiger partial charge in [-0.2, -0.15) is 5.01 Å². The number of imide groups is 1. The molecule has 14 heteroatoms. The molecule has 0 unspecified atom stereocenters. The van der Waals surface area contributed by atoms with E-state index in [0.717, 1.165) is 0 Å². The van der Waals surface area contributed by atoms with Crippen LogP contribution in [0.25, 0.3) is 43.6 Å². The molecule has 0 spiro atoms. The average molecular weight is 613 g/mol. The topological polar surface area (TPSA) is 166 Å². The fourth-order valence-corrected chi connectivity index (χ4v) is 6.92.